The molecule has 5 nitrogen and oxygen atoms in total. The second kappa shape index (κ2) is 9.93. The maximum Gasteiger partial charge on any atom is 0.451 e. The molecule has 9 heteroatoms. The first-order valence-electron chi connectivity index (χ1n) is 8.96. The summed E-state index contributed by atoms with van der Waals surface area (Å²) in [4.78, 5) is 21.8. The molecule has 1 aromatic carbocycles. The van der Waals surface area contributed by atoms with E-state index >= 15 is 0 Å². The molecule has 2 aromatic rings. The molecule has 0 N–H and O–H groups in total. The Kier molecular flexibility index (Phi) is 8.14. The van der Waals surface area contributed by atoms with E-state index in [1.165, 1.54) is 23.5 Å². The summed E-state index contributed by atoms with van der Waals surface area (Å²) in [6, 6.07) is 6.35. The maximum atomic E-state index is 13.1. The van der Waals surface area contributed by atoms with Gasteiger partial charge in [0, 0.05) is 25.7 Å². The van der Waals surface area contributed by atoms with Crippen molar-refractivity contribution in [2.75, 3.05) is 33.2 Å². The molecule has 28 heavy (non-hydrogen) atoms. The van der Waals surface area contributed by atoms with Gasteiger partial charge in [0.15, 0.2) is 0 Å². The first-order valence-corrected chi connectivity index (χ1v) is 10.9. The van der Waals surface area contributed by atoms with Gasteiger partial charge in [0.1, 0.15) is 15.6 Å². The van der Waals surface area contributed by atoms with Crippen molar-refractivity contribution in [3.8, 4) is 16.3 Å². The van der Waals surface area contributed by atoms with Crippen LogP contribution in [0.4, 0.5) is 8.78 Å². The number of aromatic nitrogens is 1. The summed E-state index contributed by atoms with van der Waals surface area (Å²) in [5.41, 5.74) is 1.27. The number of amides is 1. The van der Waals surface area contributed by atoms with Gasteiger partial charge in [-0.1, -0.05) is 26.0 Å². The minimum absolute atomic E-state index is 0.0500. The Morgan fingerprint density at radius 2 is 1.96 bits per heavy atom. The van der Waals surface area contributed by atoms with Gasteiger partial charge in [-0.05, 0) is 32.1 Å². The molecule has 1 aromatic heterocycles. The topological polar surface area (TPSA) is 45.7 Å². The second-order valence-corrected chi connectivity index (χ2v) is 8.52. The van der Waals surface area contributed by atoms with Crippen LogP contribution in [0.5, 0.6) is 5.75 Å². The van der Waals surface area contributed by atoms with E-state index in [9.17, 15) is 13.6 Å². The third-order valence-corrected chi connectivity index (χ3v) is 5.71. The Bertz CT molecular complexity index is 807. The molecule has 1 amide bonds. The number of alkyl halides is 3. The van der Waals surface area contributed by atoms with Crippen LogP contribution in [0.25, 0.3) is 10.6 Å². The van der Waals surface area contributed by atoms with Gasteiger partial charge in [-0.3, -0.25) is 4.79 Å². The number of carbonyl (C=O) groups excluding carboxylic acids is 1. The zero-order chi connectivity index (χ0) is 20.9. The molecule has 0 aliphatic carbocycles. The number of thiazole rings is 1. The van der Waals surface area contributed by atoms with E-state index < -0.39 is 4.12 Å². The molecule has 0 bridgehead atoms. The first kappa shape index (κ1) is 23.0. The third kappa shape index (κ3) is 6.35. The molecular weight excluding hydrogens is 499 g/mol. The van der Waals surface area contributed by atoms with E-state index in [1.54, 1.807) is 31.0 Å². The highest BCUT2D eigenvalue weighted by Gasteiger charge is 2.26. The smallest absolute Gasteiger partial charge is 0.425 e. The molecule has 0 fully saturated rings. The number of benzene rings is 1. The predicted octanol–water partition coefficient (Wildman–Crippen LogP) is 4.90. The number of hydrogen-bond donors (Lipinski definition) is 0. The fourth-order valence-corrected chi connectivity index (χ4v) is 3.96. The molecule has 0 aliphatic rings. The molecule has 0 saturated heterocycles. The molecule has 0 radical (unpaired) electrons. The highest BCUT2D eigenvalue weighted by molar-refractivity contribution is 14.1. The Morgan fingerprint density at radius 3 is 2.57 bits per heavy atom. The molecule has 0 saturated carbocycles. The lowest BCUT2D eigenvalue weighted by Crippen LogP contribution is -2.36. The zero-order valence-corrected chi connectivity index (χ0v) is 19.3. The molecule has 0 unspecified atom stereocenters. The van der Waals surface area contributed by atoms with E-state index in [-0.39, 0.29) is 11.7 Å². The summed E-state index contributed by atoms with van der Waals surface area (Å²) < 4.78 is 27.5. The van der Waals surface area contributed by atoms with E-state index in [2.05, 4.69) is 28.5 Å². The summed E-state index contributed by atoms with van der Waals surface area (Å²) in [5, 5.41) is 0.597. The van der Waals surface area contributed by atoms with Crippen LogP contribution < -0.4 is 4.74 Å². The lowest BCUT2D eigenvalue weighted by molar-refractivity contribution is -0.0691. The summed E-state index contributed by atoms with van der Waals surface area (Å²) in [5.74, 6) is -0.0337. The largest absolute Gasteiger partial charge is 0.451 e. The SMILES string of the molecule is CCN(CC)CCN(C)C(=O)c1sc(-c2cccc(OC(F)(F)I)c2)nc1C. The molecule has 0 aliphatic heterocycles. The average molecular weight is 523 g/mol. The van der Waals surface area contributed by atoms with Gasteiger partial charge >= 0.3 is 4.12 Å². The van der Waals surface area contributed by atoms with Crippen molar-refractivity contribution in [3.05, 3.63) is 34.8 Å². The van der Waals surface area contributed by atoms with Crippen LogP contribution in [0.1, 0.15) is 29.2 Å². The van der Waals surface area contributed by atoms with Crippen molar-refractivity contribution in [1.29, 1.82) is 0 Å². The van der Waals surface area contributed by atoms with E-state index in [0.29, 0.717) is 27.7 Å². The highest BCUT2D eigenvalue weighted by atomic mass is 127. The summed E-state index contributed by atoms with van der Waals surface area (Å²) in [7, 11) is 1.78. The molecule has 1 heterocycles. The maximum absolute atomic E-state index is 13.1. The Hall–Kier alpha value is -1.33. The average Bonchev–Trinajstić information content (AvgIpc) is 3.02. The molecular formula is C19H24F2IN3O2S. The van der Waals surface area contributed by atoms with Crippen molar-refractivity contribution in [2.24, 2.45) is 0 Å². The van der Waals surface area contributed by atoms with Crippen LogP contribution in [0.15, 0.2) is 24.3 Å². The van der Waals surface area contributed by atoms with Crippen molar-refractivity contribution in [1.82, 2.24) is 14.8 Å². The van der Waals surface area contributed by atoms with Crippen LogP contribution >= 0.6 is 33.9 Å². The quantitative estimate of drug-likeness (QED) is 0.347. The van der Waals surface area contributed by atoms with Gasteiger partial charge in [0.05, 0.1) is 28.3 Å². The first-order chi connectivity index (χ1) is 13.1. The Morgan fingerprint density at radius 1 is 1.29 bits per heavy atom. The fraction of sp³-hybridized carbons (Fsp3) is 0.474. The number of carbonyl (C=O) groups is 1. The van der Waals surface area contributed by atoms with Gasteiger partial charge in [0.25, 0.3) is 5.91 Å². The number of hydrogen-bond acceptors (Lipinski definition) is 5. The number of ether oxygens (including phenoxy) is 1. The number of rotatable bonds is 9. The lowest BCUT2D eigenvalue weighted by Gasteiger charge is -2.22. The van der Waals surface area contributed by atoms with Crippen LogP contribution in [-0.4, -0.2) is 58.0 Å². The summed E-state index contributed by atoms with van der Waals surface area (Å²) in [6.45, 7) is 9.29. The molecule has 154 valence electrons. The van der Waals surface area contributed by atoms with Gasteiger partial charge in [-0.2, -0.15) is 8.78 Å². The highest BCUT2D eigenvalue weighted by Crippen LogP contribution is 2.33. The Balaban J connectivity index is 2.16. The Labute approximate surface area is 181 Å². The standard InChI is InChI=1S/C19H24F2IN3O2S/c1-5-25(6-2)11-10-24(4)18(26)16-13(3)23-17(28-16)14-8-7-9-15(12-14)27-19(20,21)22/h7-9,12H,5-6,10-11H2,1-4H3. The number of aryl methyl sites for hydroxylation is 1. The van der Waals surface area contributed by atoms with Crippen LogP contribution in [0, 0.1) is 6.92 Å². The summed E-state index contributed by atoms with van der Waals surface area (Å²) >= 11 is 2.19. The van der Waals surface area contributed by atoms with Crippen molar-refractivity contribution < 1.29 is 18.3 Å². The van der Waals surface area contributed by atoms with Crippen LogP contribution in [-0.2, 0) is 0 Å². The van der Waals surface area contributed by atoms with E-state index in [0.717, 1.165) is 42.2 Å². The number of likely N-dealkylation sites (N-methyl/N-ethyl adjacent to an activating group) is 2. The number of halogens is 3. The lowest BCUT2D eigenvalue weighted by atomic mass is 10.2. The van der Waals surface area contributed by atoms with Crippen molar-refractivity contribution in [3.63, 3.8) is 0 Å². The fourth-order valence-electron chi connectivity index (χ4n) is 2.65. The minimum atomic E-state index is -3.29. The van der Waals surface area contributed by atoms with Crippen LogP contribution in [0.3, 0.4) is 0 Å². The monoisotopic (exact) mass is 523 g/mol. The van der Waals surface area contributed by atoms with Crippen LogP contribution in [0.2, 0.25) is 0 Å². The molecule has 0 spiro atoms. The van der Waals surface area contributed by atoms with E-state index in [4.69, 9.17) is 0 Å². The third-order valence-electron chi connectivity index (χ3n) is 4.30. The second-order valence-electron chi connectivity index (χ2n) is 6.26. The minimum Gasteiger partial charge on any atom is -0.425 e. The van der Waals surface area contributed by atoms with Gasteiger partial charge in [-0.15, -0.1) is 11.3 Å². The van der Waals surface area contributed by atoms with Gasteiger partial charge < -0.3 is 14.5 Å². The number of nitrogens with zero attached hydrogens (tertiary/aromatic N) is 3. The van der Waals surface area contributed by atoms with Gasteiger partial charge in [-0.25, -0.2) is 4.98 Å². The molecule has 0 atom stereocenters. The van der Waals surface area contributed by atoms with Crippen molar-refractivity contribution in [2.45, 2.75) is 24.9 Å². The predicted molar refractivity (Wildman–Crippen MR) is 117 cm³/mol. The normalized spacial score (nSPS) is 11.7. The van der Waals surface area contributed by atoms with Crippen molar-refractivity contribution >= 4 is 39.8 Å². The zero-order valence-electron chi connectivity index (χ0n) is 16.3. The summed E-state index contributed by atoms with van der Waals surface area (Å²) in [6.07, 6.45) is 0. The molecule has 2 rings (SSSR count). The van der Waals surface area contributed by atoms with E-state index in [1.807, 2.05) is 0 Å². The van der Waals surface area contributed by atoms with Gasteiger partial charge in [0.2, 0.25) is 0 Å².